The third kappa shape index (κ3) is 4.19. The zero-order chi connectivity index (χ0) is 14.4. The van der Waals surface area contributed by atoms with Crippen LogP contribution in [-0.2, 0) is 22.4 Å². The van der Waals surface area contributed by atoms with Gasteiger partial charge in [0, 0.05) is 32.4 Å². The summed E-state index contributed by atoms with van der Waals surface area (Å²) in [4.78, 5) is 25.0. The number of aryl methyl sites for hydroxylation is 2. The van der Waals surface area contributed by atoms with Crippen molar-refractivity contribution in [1.82, 2.24) is 4.90 Å². The molecule has 0 atom stereocenters. The first-order valence-corrected chi connectivity index (χ1v) is 7.56. The maximum Gasteiger partial charge on any atom is 0.222 e. The smallest absolute Gasteiger partial charge is 0.222 e. The van der Waals surface area contributed by atoms with Crippen molar-refractivity contribution in [2.75, 3.05) is 13.1 Å². The van der Waals surface area contributed by atoms with E-state index in [2.05, 4.69) is 31.2 Å². The summed E-state index contributed by atoms with van der Waals surface area (Å²) in [7, 11) is 0. The largest absolute Gasteiger partial charge is 0.342 e. The van der Waals surface area contributed by atoms with Crippen LogP contribution in [0.1, 0.15) is 43.7 Å². The van der Waals surface area contributed by atoms with Crippen molar-refractivity contribution in [2.45, 2.75) is 45.4 Å². The first-order valence-electron chi connectivity index (χ1n) is 7.56. The van der Waals surface area contributed by atoms with Crippen LogP contribution in [0.3, 0.4) is 0 Å². The zero-order valence-corrected chi connectivity index (χ0v) is 12.2. The summed E-state index contributed by atoms with van der Waals surface area (Å²) in [6.45, 7) is 3.38. The fraction of sp³-hybridized carbons (Fsp3) is 0.529. The second kappa shape index (κ2) is 7.22. The van der Waals surface area contributed by atoms with Crippen LogP contribution < -0.4 is 0 Å². The van der Waals surface area contributed by atoms with Gasteiger partial charge in [-0.2, -0.15) is 0 Å². The Morgan fingerprint density at radius 2 is 1.70 bits per heavy atom. The first-order chi connectivity index (χ1) is 9.69. The molecule has 0 saturated carbocycles. The van der Waals surface area contributed by atoms with Gasteiger partial charge in [0.25, 0.3) is 0 Å². The van der Waals surface area contributed by atoms with Gasteiger partial charge < -0.3 is 4.90 Å². The van der Waals surface area contributed by atoms with Gasteiger partial charge in [0.15, 0.2) is 0 Å². The predicted octanol–water partition coefficient (Wildman–Crippen LogP) is 2.76. The van der Waals surface area contributed by atoms with Crippen LogP contribution in [0.5, 0.6) is 0 Å². The number of carbonyl (C=O) groups excluding carboxylic acids is 2. The lowest BCUT2D eigenvalue weighted by molar-refractivity contribution is -0.134. The molecular formula is C17H23NO2. The Kier molecular flexibility index (Phi) is 5.33. The number of amides is 1. The minimum Gasteiger partial charge on any atom is -0.342 e. The van der Waals surface area contributed by atoms with E-state index in [1.807, 2.05) is 4.90 Å². The van der Waals surface area contributed by atoms with E-state index in [1.54, 1.807) is 0 Å². The van der Waals surface area contributed by atoms with E-state index in [4.69, 9.17) is 0 Å². The number of rotatable bonds is 5. The molecule has 20 heavy (non-hydrogen) atoms. The van der Waals surface area contributed by atoms with Crippen LogP contribution >= 0.6 is 0 Å². The van der Waals surface area contributed by atoms with Crippen molar-refractivity contribution in [1.29, 1.82) is 0 Å². The van der Waals surface area contributed by atoms with Crippen molar-refractivity contribution >= 4 is 11.7 Å². The lowest BCUT2D eigenvalue weighted by atomic mass is 10.0. The number of carbonyl (C=O) groups is 2. The third-order valence-corrected chi connectivity index (χ3v) is 3.96. The standard InChI is InChI=1S/C17H23NO2/c1-2-14-6-8-15(9-7-14)4-3-5-17(20)18-12-10-16(19)11-13-18/h6-9H,2-5,10-13H2,1H3. The molecule has 1 aromatic carbocycles. The Morgan fingerprint density at radius 1 is 1.10 bits per heavy atom. The highest BCUT2D eigenvalue weighted by Crippen LogP contribution is 2.11. The van der Waals surface area contributed by atoms with Gasteiger partial charge in [-0.15, -0.1) is 0 Å². The molecule has 0 unspecified atom stereocenters. The van der Waals surface area contributed by atoms with Gasteiger partial charge in [-0.1, -0.05) is 31.2 Å². The Balaban J connectivity index is 1.72. The zero-order valence-electron chi connectivity index (χ0n) is 12.2. The lowest BCUT2D eigenvalue weighted by Crippen LogP contribution is -2.38. The molecule has 108 valence electrons. The number of ketones is 1. The van der Waals surface area contributed by atoms with Gasteiger partial charge in [0.05, 0.1) is 0 Å². The molecule has 1 saturated heterocycles. The van der Waals surface area contributed by atoms with Crippen molar-refractivity contribution in [3.63, 3.8) is 0 Å². The average molecular weight is 273 g/mol. The summed E-state index contributed by atoms with van der Waals surface area (Å²) in [5, 5.41) is 0. The first kappa shape index (κ1) is 14.8. The van der Waals surface area contributed by atoms with Crippen molar-refractivity contribution in [2.24, 2.45) is 0 Å². The SMILES string of the molecule is CCc1ccc(CCCC(=O)N2CCC(=O)CC2)cc1. The van der Waals surface area contributed by atoms with E-state index in [0.717, 1.165) is 19.3 Å². The van der Waals surface area contributed by atoms with Crippen LogP contribution in [0, 0.1) is 0 Å². The minimum atomic E-state index is 0.197. The van der Waals surface area contributed by atoms with E-state index in [9.17, 15) is 9.59 Å². The van der Waals surface area contributed by atoms with Gasteiger partial charge >= 0.3 is 0 Å². The quantitative estimate of drug-likeness (QED) is 0.827. The molecule has 1 aromatic rings. The lowest BCUT2D eigenvalue weighted by Gasteiger charge is -2.26. The van der Waals surface area contributed by atoms with E-state index in [1.165, 1.54) is 11.1 Å². The summed E-state index contributed by atoms with van der Waals surface area (Å²) in [5.74, 6) is 0.479. The number of Topliss-reactive ketones (excluding diaryl/α,β-unsaturated/α-hetero) is 1. The van der Waals surface area contributed by atoms with Crippen LogP contribution in [0.15, 0.2) is 24.3 Å². The second-order valence-corrected chi connectivity index (χ2v) is 5.44. The summed E-state index contributed by atoms with van der Waals surface area (Å²) < 4.78 is 0. The number of likely N-dealkylation sites (tertiary alicyclic amines) is 1. The number of hydrogen-bond donors (Lipinski definition) is 0. The number of piperidine rings is 1. The molecular weight excluding hydrogens is 250 g/mol. The molecule has 1 aliphatic rings. The van der Waals surface area contributed by atoms with Crippen molar-refractivity contribution in [3.05, 3.63) is 35.4 Å². The van der Waals surface area contributed by atoms with Gasteiger partial charge in [0.2, 0.25) is 5.91 Å². The second-order valence-electron chi connectivity index (χ2n) is 5.44. The summed E-state index contributed by atoms with van der Waals surface area (Å²) in [5.41, 5.74) is 2.65. The van der Waals surface area contributed by atoms with E-state index in [0.29, 0.717) is 32.4 Å². The van der Waals surface area contributed by atoms with Gasteiger partial charge in [0.1, 0.15) is 5.78 Å². The monoisotopic (exact) mass is 273 g/mol. The number of hydrogen-bond acceptors (Lipinski definition) is 2. The average Bonchev–Trinajstić information content (AvgIpc) is 2.48. The third-order valence-electron chi connectivity index (χ3n) is 3.96. The van der Waals surface area contributed by atoms with E-state index in [-0.39, 0.29) is 11.7 Å². The molecule has 0 aromatic heterocycles. The van der Waals surface area contributed by atoms with Crippen LogP contribution in [0.2, 0.25) is 0 Å². The molecule has 0 bridgehead atoms. The molecule has 0 N–H and O–H groups in total. The molecule has 0 radical (unpaired) electrons. The maximum atomic E-state index is 12.0. The van der Waals surface area contributed by atoms with Gasteiger partial charge in [-0.05, 0) is 30.4 Å². The van der Waals surface area contributed by atoms with Crippen LogP contribution in [-0.4, -0.2) is 29.7 Å². The van der Waals surface area contributed by atoms with Crippen molar-refractivity contribution < 1.29 is 9.59 Å². The highest BCUT2D eigenvalue weighted by molar-refractivity contribution is 5.83. The summed E-state index contributed by atoms with van der Waals surface area (Å²) in [6.07, 6.45) is 4.54. The predicted molar refractivity (Wildman–Crippen MR) is 79.6 cm³/mol. The molecule has 1 fully saturated rings. The maximum absolute atomic E-state index is 12.0. The topological polar surface area (TPSA) is 37.4 Å². The van der Waals surface area contributed by atoms with Crippen LogP contribution in [0.4, 0.5) is 0 Å². The summed E-state index contributed by atoms with van der Waals surface area (Å²) >= 11 is 0. The molecule has 3 heteroatoms. The normalized spacial score (nSPS) is 15.4. The van der Waals surface area contributed by atoms with E-state index < -0.39 is 0 Å². The highest BCUT2D eigenvalue weighted by Gasteiger charge is 2.19. The van der Waals surface area contributed by atoms with E-state index >= 15 is 0 Å². The number of benzene rings is 1. The molecule has 2 rings (SSSR count). The Hall–Kier alpha value is -1.64. The highest BCUT2D eigenvalue weighted by atomic mass is 16.2. The van der Waals surface area contributed by atoms with Gasteiger partial charge in [-0.25, -0.2) is 0 Å². The van der Waals surface area contributed by atoms with Crippen LogP contribution in [0.25, 0.3) is 0 Å². The summed E-state index contributed by atoms with van der Waals surface area (Å²) in [6, 6.07) is 8.63. The molecule has 1 heterocycles. The minimum absolute atomic E-state index is 0.197. The molecule has 0 spiro atoms. The molecule has 0 aliphatic carbocycles. The molecule has 3 nitrogen and oxygen atoms in total. The number of nitrogens with zero attached hydrogens (tertiary/aromatic N) is 1. The molecule has 1 aliphatic heterocycles. The Labute approximate surface area is 121 Å². The fourth-order valence-electron chi connectivity index (χ4n) is 2.55. The molecule has 1 amide bonds. The fourth-order valence-corrected chi connectivity index (χ4v) is 2.55. The van der Waals surface area contributed by atoms with Gasteiger partial charge in [-0.3, -0.25) is 9.59 Å². The Morgan fingerprint density at radius 3 is 2.30 bits per heavy atom. The van der Waals surface area contributed by atoms with Crippen molar-refractivity contribution in [3.8, 4) is 0 Å². The Bertz CT molecular complexity index is 454.